The van der Waals surface area contributed by atoms with Crippen LogP contribution in [0.25, 0.3) is 0 Å². The van der Waals surface area contributed by atoms with Crippen LogP contribution < -0.4 is 10.5 Å². The second-order valence-electron chi connectivity index (χ2n) is 4.57. The van der Waals surface area contributed by atoms with Crippen LogP contribution in [-0.2, 0) is 10.0 Å². The summed E-state index contributed by atoms with van der Waals surface area (Å²) in [5, 5.41) is 0. The standard InChI is InChI=1S/C12H17F3N2O2S/c1-8-6-10(7-11(16)9(8)2)20(18,19)17-5-3-4-12(13,14)15/h6-7,17H,3-5,16H2,1-2H3. The van der Waals surface area contributed by atoms with E-state index in [1.807, 2.05) is 0 Å². The van der Waals surface area contributed by atoms with E-state index < -0.39 is 22.6 Å². The Morgan fingerprint density at radius 2 is 1.85 bits per heavy atom. The third-order valence-electron chi connectivity index (χ3n) is 2.92. The highest BCUT2D eigenvalue weighted by Crippen LogP contribution is 2.22. The number of sulfonamides is 1. The summed E-state index contributed by atoms with van der Waals surface area (Å²) in [7, 11) is -3.84. The van der Waals surface area contributed by atoms with Crippen molar-refractivity contribution in [1.29, 1.82) is 0 Å². The molecule has 0 saturated heterocycles. The number of nitrogens with two attached hydrogens (primary N) is 1. The molecule has 0 spiro atoms. The summed E-state index contributed by atoms with van der Waals surface area (Å²) < 4.78 is 61.9. The van der Waals surface area contributed by atoms with Gasteiger partial charge in [0.2, 0.25) is 10.0 Å². The monoisotopic (exact) mass is 310 g/mol. The second-order valence-corrected chi connectivity index (χ2v) is 6.34. The van der Waals surface area contributed by atoms with Gasteiger partial charge < -0.3 is 5.73 Å². The number of nitrogens with one attached hydrogen (secondary N) is 1. The molecule has 0 aliphatic carbocycles. The summed E-state index contributed by atoms with van der Waals surface area (Å²) in [5.74, 6) is 0. The lowest BCUT2D eigenvalue weighted by molar-refractivity contribution is -0.135. The molecule has 1 rings (SSSR count). The highest BCUT2D eigenvalue weighted by molar-refractivity contribution is 7.89. The van der Waals surface area contributed by atoms with Gasteiger partial charge in [0.1, 0.15) is 0 Å². The molecule has 20 heavy (non-hydrogen) atoms. The number of hydrogen-bond donors (Lipinski definition) is 2. The smallest absolute Gasteiger partial charge is 0.389 e. The van der Waals surface area contributed by atoms with Gasteiger partial charge in [0.25, 0.3) is 0 Å². The quantitative estimate of drug-likeness (QED) is 0.648. The maximum absolute atomic E-state index is 12.0. The predicted octanol–water partition coefficient (Wildman–Crippen LogP) is 2.51. The summed E-state index contributed by atoms with van der Waals surface area (Å²) >= 11 is 0. The highest BCUT2D eigenvalue weighted by atomic mass is 32.2. The Hall–Kier alpha value is -1.28. The Balaban J connectivity index is 2.75. The number of halogens is 3. The predicted molar refractivity (Wildman–Crippen MR) is 70.8 cm³/mol. The Labute approximate surface area is 116 Å². The number of benzene rings is 1. The van der Waals surface area contributed by atoms with E-state index in [0.29, 0.717) is 11.3 Å². The van der Waals surface area contributed by atoms with Crippen molar-refractivity contribution >= 4 is 15.7 Å². The Morgan fingerprint density at radius 1 is 1.25 bits per heavy atom. The van der Waals surface area contributed by atoms with Crippen molar-refractivity contribution in [2.45, 2.75) is 37.8 Å². The van der Waals surface area contributed by atoms with Gasteiger partial charge in [-0.25, -0.2) is 13.1 Å². The minimum absolute atomic E-state index is 0.0369. The molecule has 0 aliphatic heterocycles. The normalized spacial score (nSPS) is 12.7. The van der Waals surface area contributed by atoms with Crippen LogP contribution in [0, 0.1) is 13.8 Å². The molecule has 8 heteroatoms. The number of aryl methyl sites for hydroxylation is 1. The molecule has 4 nitrogen and oxygen atoms in total. The van der Waals surface area contributed by atoms with Crippen molar-refractivity contribution < 1.29 is 21.6 Å². The molecule has 114 valence electrons. The second kappa shape index (κ2) is 6.01. The summed E-state index contributed by atoms with van der Waals surface area (Å²) in [6.07, 6.45) is -5.61. The first-order chi connectivity index (χ1) is 9.03. The molecular formula is C12H17F3N2O2S. The van der Waals surface area contributed by atoms with Crippen molar-refractivity contribution in [2.75, 3.05) is 12.3 Å². The van der Waals surface area contributed by atoms with Crippen molar-refractivity contribution in [3.05, 3.63) is 23.3 Å². The van der Waals surface area contributed by atoms with Crippen molar-refractivity contribution in [2.24, 2.45) is 0 Å². The van der Waals surface area contributed by atoms with Crippen molar-refractivity contribution in [3.8, 4) is 0 Å². The van der Waals surface area contributed by atoms with E-state index in [1.54, 1.807) is 13.8 Å². The molecule has 0 aliphatic rings. The lowest BCUT2D eigenvalue weighted by Gasteiger charge is -2.11. The van der Waals surface area contributed by atoms with E-state index >= 15 is 0 Å². The van der Waals surface area contributed by atoms with Crippen LogP contribution in [0.4, 0.5) is 18.9 Å². The van der Waals surface area contributed by atoms with E-state index in [1.165, 1.54) is 12.1 Å². The van der Waals surface area contributed by atoms with E-state index in [-0.39, 0.29) is 17.9 Å². The fourth-order valence-electron chi connectivity index (χ4n) is 1.59. The molecule has 0 unspecified atom stereocenters. The van der Waals surface area contributed by atoms with Crippen LogP contribution in [0.5, 0.6) is 0 Å². The van der Waals surface area contributed by atoms with Gasteiger partial charge in [0, 0.05) is 18.7 Å². The lowest BCUT2D eigenvalue weighted by atomic mass is 10.1. The number of rotatable bonds is 5. The Bertz CT molecular complexity index is 560. The van der Waals surface area contributed by atoms with Crippen molar-refractivity contribution in [1.82, 2.24) is 4.72 Å². The van der Waals surface area contributed by atoms with Gasteiger partial charge in [-0.15, -0.1) is 0 Å². The topological polar surface area (TPSA) is 72.2 Å². The number of nitrogen functional groups attached to an aromatic ring is 1. The molecule has 1 aromatic rings. The first kappa shape index (κ1) is 16.8. The zero-order chi connectivity index (χ0) is 15.6. The highest BCUT2D eigenvalue weighted by Gasteiger charge is 2.26. The number of alkyl halides is 3. The minimum atomic E-state index is -4.28. The molecular weight excluding hydrogens is 293 g/mol. The van der Waals surface area contributed by atoms with Gasteiger partial charge in [-0.05, 0) is 43.5 Å². The SMILES string of the molecule is Cc1cc(S(=O)(=O)NCCCC(F)(F)F)cc(N)c1C. The molecule has 0 atom stereocenters. The molecule has 0 amide bonds. The molecule has 0 heterocycles. The van der Waals surface area contributed by atoms with E-state index in [0.717, 1.165) is 5.56 Å². The number of anilines is 1. The molecule has 0 bridgehead atoms. The van der Waals surface area contributed by atoms with Crippen LogP contribution in [0.15, 0.2) is 17.0 Å². The lowest BCUT2D eigenvalue weighted by Crippen LogP contribution is -2.26. The van der Waals surface area contributed by atoms with Crippen LogP contribution >= 0.6 is 0 Å². The van der Waals surface area contributed by atoms with Gasteiger partial charge in [0.05, 0.1) is 4.90 Å². The fourth-order valence-corrected chi connectivity index (χ4v) is 2.78. The van der Waals surface area contributed by atoms with Crippen LogP contribution in [-0.4, -0.2) is 21.1 Å². The summed E-state index contributed by atoms with van der Waals surface area (Å²) in [4.78, 5) is -0.0369. The van der Waals surface area contributed by atoms with E-state index in [2.05, 4.69) is 4.72 Å². The molecule has 0 radical (unpaired) electrons. The first-order valence-electron chi connectivity index (χ1n) is 5.96. The third kappa shape index (κ3) is 4.68. The average molecular weight is 310 g/mol. The van der Waals surface area contributed by atoms with Gasteiger partial charge in [-0.3, -0.25) is 0 Å². The van der Waals surface area contributed by atoms with Crippen LogP contribution in [0.1, 0.15) is 24.0 Å². The summed E-state index contributed by atoms with van der Waals surface area (Å²) in [6.45, 7) is 3.21. The van der Waals surface area contributed by atoms with E-state index in [4.69, 9.17) is 5.73 Å². The summed E-state index contributed by atoms with van der Waals surface area (Å²) in [6, 6.07) is 2.74. The molecule has 0 fully saturated rings. The van der Waals surface area contributed by atoms with Gasteiger partial charge in [0.15, 0.2) is 0 Å². The first-order valence-corrected chi connectivity index (χ1v) is 7.44. The zero-order valence-electron chi connectivity index (χ0n) is 11.2. The van der Waals surface area contributed by atoms with Crippen molar-refractivity contribution in [3.63, 3.8) is 0 Å². The maximum Gasteiger partial charge on any atom is 0.389 e. The Morgan fingerprint density at radius 3 is 2.35 bits per heavy atom. The summed E-state index contributed by atoms with van der Waals surface area (Å²) in [5.41, 5.74) is 7.51. The number of hydrogen-bond acceptors (Lipinski definition) is 3. The zero-order valence-corrected chi connectivity index (χ0v) is 12.0. The van der Waals surface area contributed by atoms with Crippen LogP contribution in [0.2, 0.25) is 0 Å². The molecule has 1 aromatic carbocycles. The average Bonchev–Trinajstić information content (AvgIpc) is 2.30. The Kier molecular flexibility index (Phi) is 5.04. The molecule has 0 saturated carbocycles. The van der Waals surface area contributed by atoms with E-state index in [9.17, 15) is 21.6 Å². The molecule has 0 aromatic heterocycles. The van der Waals surface area contributed by atoms with Gasteiger partial charge >= 0.3 is 6.18 Å². The fraction of sp³-hybridized carbons (Fsp3) is 0.500. The van der Waals surface area contributed by atoms with Gasteiger partial charge in [-0.1, -0.05) is 0 Å². The minimum Gasteiger partial charge on any atom is -0.398 e. The van der Waals surface area contributed by atoms with Gasteiger partial charge in [-0.2, -0.15) is 13.2 Å². The largest absolute Gasteiger partial charge is 0.398 e. The third-order valence-corrected chi connectivity index (χ3v) is 4.36. The van der Waals surface area contributed by atoms with Crippen LogP contribution in [0.3, 0.4) is 0 Å². The maximum atomic E-state index is 12.0. The molecule has 3 N–H and O–H groups in total.